The van der Waals surface area contributed by atoms with Crippen LogP contribution in [0.3, 0.4) is 0 Å². The Morgan fingerprint density at radius 3 is 2.65 bits per heavy atom. The quantitative estimate of drug-likeness (QED) is 0.654. The van der Waals surface area contributed by atoms with Crippen LogP contribution in [0.1, 0.15) is 39.2 Å². The fourth-order valence-electron chi connectivity index (χ4n) is 4.79. The van der Waals surface area contributed by atoms with Crippen molar-refractivity contribution in [3.8, 4) is 5.69 Å². The zero-order chi connectivity index (χ0) is 21.4. The third kappa shape index (κ3) is 3.72. The van der Waals surface area contributed by atoms with Crippen molar-refractivity contribution in [1.82, 2.24) is 14.4 Å². The average Bonchev–Trinajstić information content (AvgIpc) is 3.46. The van der Waals surface area contributed by atoms with Gasteiger partial charge in [0.15, 0.2) is 0 Å². The monoisotopic (exact) mass is 417 g/mol. The number of carbonyl (C=O) groups is 1. The molecule has 31 heavy (non-hydrogen) atoms. The first-order valence-electron chi connectivity index (χ1n) is 11.0. The Morgan fingerprint density at radius 1 is 1.03 bits per heavy atom. The van der Waals surface area contributed by atoms with Crippen molar-refractivity contribution < 1.29 is 9.21 Å². The Morgan fingerprint density at radius 2 is 1.87 bits per heavy atom. The van der Waals surface area contributed by atoms with Gasteiger partial charge in [-0.15, -0.1) is 0 Å². The molecule has 0 spiro atoms. The number of hydrogen-bond donors (Lipinski definition) is 0. The standard InChI is InChI=1S/C25H27N3O3/c1-18-10-11-28(22-9-3-6-19-5-2-8-21(19)22)25(30)23(18)24(29)27-14-12-26(13-15-27)17-20-7-4-16-31-20/h3-4,6-7,9-11,16H,2,5,8,12-15,17H2,1H3. The Kier molecular flexibility index (Phi) is 5.24. The van der Waals surface area contributed by atoms with E-state index in [0.29, 0.717) is 13.1 Å². The molecule has 0 bridgehead atoms. The molecule has 6 nitrogen and oxygen atoms in total. The second-order valence-electron chi connectivity index (χ2n) is 8.46. The molecule has 2 aromatic heterocycles. The van der Waals surface area contributed by atoms with Crippen molar-refractivity contribution >= 4 is 5.91 Å². The molecule has 0 atom stereocenters. The number of benzene rings is 1. The maximum Gasteiger partial charge on any atom is 0.268 e. The van der Waals surface area contributed by atoms with Crippen molar-refractivity contribution in [2.24, 2.45) is 0 Å². The third-order valence-electron chi connectivity index (χ3n) is 6.51. The smallest absolute Gasteiger partial charge is 0.268 e. The fraction of sp³-hybridized carbons (Fsp3) is 0.360. The summed E-state index contributed by atoms with van der Waals surface area (Å²) < 4.78 is 7.10. The van der Waals surface area contributed by atoms with Gasteiger partial charge in [-0.25, -0.2) is 0 Å². The predicted molar refractivity (Wildman–Crippen MR) is 119 cm³/mol. The van der Waals surface area contributed by atoms with E-state index >= 15 is 0 Å². The Hall–Kier alpha value is -3.12. The summed E-state index contributed by atoms with van der Waals surface area (Å²) in [6, 6.07) is 11.9. The summed E-state index contributed by atoms with van der Waals surface area (Å²) in [4.78, 5) is 30.9. The summed E-state index contributed by atoms with van der Waals surface area (Å²) in [5.74, 6) is 0.763. The first kappa shape index (κ1) is 19.8. The van der Waals surface area contributed by atoms with Crippen molar-refractivity contribution in [2.75, 3.05) is 26.2 Å². The van der Waals surface area contributed by atoms with Gasteiger partial charge in [-0.2, -0.15) is 0 Å². The number of fused-ring (bicyclic) bond motifs is 1. The average molecular weight is 418 g/mol. The van der Waals surface area contributed by atoms with Crippen molar-refractivity contribution in [1.29, 1.82) is 0 Å². The molecule has 2 aliphatic rings. The molecule has 3 heterocycles. The molecular weight excluding hydrogens is 390 g/mol. The summed E-state index contributed by atoms with van der Waals surface area (Å²) in [6.07, 6.45) is 6.63. The zero-order valence-corrected chi connectivity index (χ0v) is 17.8. The predicted octanol–water partition coefficient (Wildman–Crippen LogP) is 3.19. The van der Waals surface area contributed by atoms with E-state index < -0.39 is 0 Å². The van der Waals surface area contributed by atoms with Gasteiger partial charge < -0.3 is 9.32 Å². The van der Waals surface area contributed by atoms with Crippen LogP contribution in [-0.4, -0.2) is 46.5 Å². The van der Waals surface area contributed by atoms with Gasteiger partial charge in [0.1, 0.15) is 11.3 Å². The highest BCUT2D eigenvalue weighted by Crippen LogP contribution is 2.27. The SMILES string of the molecule is Cc1ccn(-c2cccc3c2CCC3)c(=O)c1C(=O)N1CCN(Cc2ccco2)CC1. The third-order valence-corrected chi connectivity index (χ3v) is 6.51. The number of furan rings is 1. The Bertz CT molecular complexity index is 1160. The van der Waals surface area contributed by atoms with Gasteiger partial charge in [-0.1, -0.05) is 12.1 Å². The number of piperazine rings is 1. The van der Waals surface area contributed by atoms with Gasteiger partial charge in [-0.05, 0) is 67.1 Å². The highest BCUT2D eigenvalue weighted by Gasteiger charge is 2.27. The molecule has 0 unspecified atom stereocenters. The molecule has 6 heteroatoms. The van der Waals surface area contributed by atoms with E-state index in [-0.39, 0.29) is 17.0 Å². The molecule has 0 N–H and O–H groups in total. The lowest BCUT2D eigenvalue weighted by Gasteiger charge is -2.34. The molecule has 160 valence electrons. The molecule has 1 aliphatic carbocycles. The maximum absolute atomic E-state index is 13.4. The summed E-state index contributed by atoms with van der Waals surface area (Å²) in [5.41, 5.74) is 4.26. The van der Waals surface area contributed by atoms with Crippen LogP contribution < -0.4 is 5.56 Å². The molecule has 1 amide bonds. The highest BCUT2D eigenvalue weighted by atomic mass is 16.3. The van der Waals surface area contributed by atoms with Crippen LogP contribution in [0, 0.1) is 6.92 Å². The van der Waals surface area contributed by atoms with Crippen molar-refractivity contribution in [3.63, 3.8) is 0 Å². The van der Waals surface area contributed by atoms with E-state index in [0.717, 1.165) is 55.9 Å². The van der Waals surface area contributed by atoms with Crippen LogP contribution in [-0.2, 0) is 19.4 Å². The van der Waals surface area contributed by atoms with E-state index in [1.165, 1.54) is 11.1 Å². The summed E-state index contributed by atoms with van der Waals surface area (Å²) in [7, 11) is 0. The van der Waals surface area contributed by atoms with E-state index in [2.05, 4.69) is 11.0 Å². The largest absolute Gasteiger partial charge is 0.468 e. The number of amides is 1. The van der Waals surface area contributed by atoms with Gasteiger partial charge in [0, 0.05) is 32.4 Å². The molecule has 3 aromatic rings. The fourth-order valence-corrected chi connectivity index (χ4v) is 4.79. The highest BCUT2D eigenvalue weighted by molar-refractivity contribution is 5.95. The molecule has 1 fully saturated rings. The van der Waals surface area contributed by atoms with Gasteiger partial charge in [0.2, 0.25) is 0 Å². The maximum atomic E-state index is 13.4. The van der Waals surface area contributed by atoms with E-state index in [1.54, 1.807) is 10.8 Å². The van der Waals surface area contributed by atoms with E-state index in [4.69, 9.17) is 4.42 Å². The lowest BCUT2D eigenvalue weighted by molar-refractivity contribution is 0.0617. The lowest BCUT2D eigenvalue weighted by atomic mass is 10.1. The second-order valence-corrected chi connectivity index (χ2v) is 8.46. The van der Waals surface area contributed by atoms with Crippen molar-refractivity contribution in [2.45, 2.75) is 32.7 Å². The number of pyridine rings is 1. The summed E-state index contributed by atoms with van der Waals surface area (Å²) in [6.45, 7) is 5.33. The second kappa shape index (κ2) is 8.19. The zero-order valence-electron chi connectivity index (χ0n) is 17.8. The van der Waals surface area contributed by atoms with Gasteiger partial charge in [-0.3, -0.25) is 19.1 Å². The lowest BCUT2D eigenvalue weighted by Crippen LogP contribution is -2.49. The molecule has 0 radical (unpaired) electrons. The Balaban J connectivity index is 1.38. The molecule has 1 saturated heterocycles. The van der Waals surface area contributed by atoms with E-state index in [9.17, 15) is 9.59 Å². The minimum Gasteiger partial charge on any atom is -0.468 e. The minimum absolute atomic E-state index is 0.165. The van der Waals surface area contributed by atoms with Gasteiger partial charge >= 0.3 is 0 Å². The number of rotatable bonds is 4. The van der Waals surface area contributed by atoms with Crippen LogP contribution in [0.25, 0.3) is 5.69 Å². The van der Waals surface area contributed by atoms with Gasteiger partial charge in [0.25, 0.3) is 11.5 Å². The number of aryl methyl sites for hydroxylation is 2. The molecule has 1 aliphatic heterocycles. The van der Waals surface area contributed by atoms with Crippen LogP contribution in [0.5, 0.6) is 0 Å². The van der Waals surface area contributed by atoms with E-state index in [1.807, 2.05) is 48.4 Å². The van der Waals surface area contributed by atoms with Crippen LogP contribution in [0.4, 0.5) is 0 Å². The first-order chi connectivity index (χ1) is 15.1. The topological polar surface area (TPSA) is 58.7 Å². The molecule has 5 rings (SSSR count). The molecule has 1 aromatic carbocycles. The Labute approximate surface area is 181 Å². The van der Waals surface area contributed by atoms with Crippen LogP contribution in [0.2, 0.25) is 0 Å². The van der Waals surface area contributed by atoms with Crippen LogP contribution >= 0.6 is 0 Å². The van der Waals surface area contributed by atoms with Crippen molar-refractivity contribution in [3.05, 3.63) is 87.2 Å². The van der Waals surface area contributed by atoms with Gasteiger partial charge in [0.05, 0.1) is 18.5 Å². The number of aromatic nitrogens is 1. The molecular formula is C25H27N3O3. The number of nitrogens with zero attached hydrogens (tertiary/aromatic N) is 3. The number of carbonyl (C=O) groups excluding carboxylic acids is 1. The minimum atomic E-state index is -0.219. The number of hydrogen-bond acceptors (Lipinski definition) is 4. The normalized spacial score (nSPS) is 16.5. The summed E-state index contributed by atoms with van der Waals surface area (Å²) >= 11 is 0. The molecule has 0 saturated carbocycles. The van der Waals surface area contributed by atoms with Crippen LogP contribution in [0.15, 0.2) is 58.1 Å². The first-order valence-corrected chi connectivity index (χ1v) is 11.0. The summed E-state index contributed by atoms with van der Waals surface area (Å²) in [5, 5.41) is 0.